The summed E-state index contributed by atoms with van der Waals surface area (Å²) in [7, 11) is 1.87. The molecule has 0 aromatic heterocycles. The summed E-state index contributed by atoms with van der Waals surface area (Å²) < 4.78 is 1.02. The summed E-state index contributed by atoms with van der Waals surface area (Å²) in [4.78, 5) is 16.3. The Hall–Kier alpha value is -1.03. The van der Waals surface area contributed by atoms with Gasteiger partial charge >= 0.3 is 0 Å². The van der Waals surface area contributed by atoms with Crippen LogP contribution in [0.3, 0.4) is 0 Å². The highest BCUT2D eigenvalue weighted by Gasteiger charge is 2.31. The SMILES string of the molecule is CN1C(=O)CN(C2CCCCC2)c2ccc(Br)cc21. The van der Waals surface area contributed by atoms with E-state index in [1.54, 1.807) is 4.90 Å². The van der Waals surface area contributed by atoms with Crippen molar-refractivity contribution in [2.45, 2.75) is 38.1 Å². The minimum absolute atomic E-state index is 0.191. The third kappa shape index (κ3) is 2.38. The van der Waals surface area contributed by atoms with Crippen LogP contribution in [-0.2, 0) is 4.79 Å². The van der Waals surface area contributed by atoms with Crippen molar-refractivity contribution in [1.29, 1.82) is 0 Å². The van der Waals surface area contributed by atoms with Crippen molar-refractivity contribution >= 4 is 33.2 Å². The van der Waals surface area contributed by atoms with Gasteiger partial charge in [0, 0.05) is 17.6 Å². The first-order chi connectivity index (χ1) is 9.16. The molecule has 1 aromatic carbocycles. The fourth-order valence-electron chi connectivity index (χ4n) is 3.20. The maximum atomic E-state index is 12.2. The summed E-state index contributed by atoms with van der Waals surface area (Å²) >= 11 is 3.50. The van der Waals surface area contributed by atoms with Crippen LogP contribution in [0, 0.1) is 0 Å². The molecular weight excluding hydrogens is 304 g/mol. The van der Waals surface area contributed by atoms with Crippen LogP contribution >= 0.6 is 15.9 Å². The van der Waals surface area contributed by atoms with E-state index in [-0.39, 0.29) is 5.91 Å². The Morgan fingerprint density at radius 2 is 1.89 bits per heavy atom. The molecule has 0 unspecified atom stereocenters. The number of benzene rings is 1. The first-order valence-corrected chi connectivity index (χ1v) is 7.79. The highest BCUT2D eigenvalue weighted by atomic mass is 79.9. The fourth-order valence-corrected chi connectivity index (χ4v) is 3.55. The van der Waals surface area contributed by atoms with Crippen LogP contribution in [0.1, 0.15) is 32.1 Å². The van der Waals surface area contributed by atoms with Crippen molar-refractivity contribution in [2.24, 2.45) is 0 Å². The van der Waals surface area contributed by atoms with Crippen LogP contribution in [0.2, 0.25) is 0 Å². The number of carbonyl (C=O) groups is 1. The van der Waals surface area contributed by atoms with Crippen molar-refractivity contribution in [1.82, 2.24) is 0 Å². The lowest BCUT2D eigenvalue weighted by Crippen LogP contribution is -2.49. The van der Waals surface area contributed by atoms with Gasteiger partial charge in [0.2, 0.25) is 5.91 Å². The van der Waals surface area contributed by atoms with E-state index in [2.05, 4.69) is 33.0 Å². The Morgan fingerprint density at radius 1 is 1.16 bits per heavy atom. The highest BCUT2D eigenvalue weighted by molar-refractivity contribution is 9.10. The molecule has 1 aliphatic carbocycles. The van der Waals surface area contributed by atoms with Gasteiger partial charge in [-0.15, -0.1) is 0 Å². The molecule has 1 amide bonds. The standard InChI is InChI=1S/C15H19BrN2O/c1-17-14-9-11(16)7-8-13(14)18(10-15(17)19)12-5-3-2-4-6-12/h7-9,12H,2-6,10H2,1H3. The normalized spacial score (nSPS) is 20.6. The van der Waals surface area contributed by atoms with Crippen LogP contribution in [0.15, 0.2) is 22.7 Å². The average molecular weight is 323 g/mol. The zero-order chi connectivity index (χ0) is 13.4. The highest BCUT2D eigenvalue weighted by Crippen LogP contribution is 2.38. The number of carbonyl (C=O) groups excluding carboxylic acids is 1. The van der Waals surface area contributed by atoms with Gasteiger partial charge in [0.05, 0.1) is 17.9 Å². The van der Waals surface area contributed by atoms with Gasteiger partial charge in [0.25, 0.3) is 0 Å². The van der Waals surface area contributed by atoms with Gasteiger partial charge < -0.3 is 9.80 Å². The largest absolute Gasteiger partial charge is 0.358 e. The topological polar surface area (TPSA) is 23.6 Å². The molecule has 0 radical (unpaired) electrons. The number of amides is 1. The van der Waals surface area contributed by atoms with Gasteiger partial charge in [-0.3, -0.25) is 4.79 Å². The Morgan fingerprint density at radius 3 is 2.63 bits per heavy atom. The monoisotopic (exact) mass is 322 g/mol. The van der Waals surface area contributed by atoms with Crippen molar-refractivity contribution < 1.29 is 4.79 Å². The molecule has 0 bridgehead atoms. The predicted octanol–water partition coefficient (Wildman–Crippen LogP) is 3.56. The number of fused-ring (bicyclic) bond motifs is 1. The van der Waals surface area contributed by atoms with Crippen molar-refractivity contribution in [3.63, 3.8) is 0 Å². The number of hydrogen-bond donors (Lipinski definition) is 0. The van der Waals surface area contributed by atoms with Crippen molar-refractivity contribution in [3.8, 4) is 0 Å². The van der Waals surface area contributed by atoms with Gasteiger partial charge in [-0.25, -0.2) is 0 Å². The minimum Gasteiger partial charge on any atom is -0.358 e. The van der Waals surface area contributed by atoms with E-state index in [0.29, 0.717) is 12.6 Å². The molecule has 3 rings (SSSR count). The molecule has 1 fully saturated rings. The van der Waals surface area contributed by atoms with Gasteiger partial charge in [0.1, 0.15) is 0 Å². The van der Waals surface area contributed by atoms with E-state index in [1.807, 2.05) is 13.1 Å². The fraction of sp³-hybridized carbons (Fsp3) is 0.533. The van der Waals surface area contributed by atoms with Crippen LogP contribution in [0.5, 0.6) is 0 Å². The van der Waals surface area contributed by atoms with Crippen LogP contribution in [0.25, 0.3) is 0 Å². The first-order valence-electron chi connectivity index (χ1n) is 6.99. The summed E-state index contributed by atoms with van der Waals surface area (Å²) in [6, 6.07) is 6.78. The molecule has 19 heavy (non-hydrogen) atoms. The molecule has 0 saturated heterocycles. The van der Waals surface area contributed by atoms with Gasteiger partial charge in [-0.1, -0.05) is 35.2 Å². The number of anilines is 2. The Kier molecular flexibility index (Phi) is 3.52. The molecule has 2 aliphatic rings. The molecule has 3 nitrogen and oxygen atoms in total. The Balaban J connectivity index is 1.98. The third-order valence-corrected chi connectivity index (χ3v) is 4.80. The molecule has 1 aliphatic heterocycles. The van der Waals surface area contributed by atoms with E-state index >= 15 is 0 Å². The van der Waals surface area contributed by atoms with Crippen molar-refractivity contribution in [3.05, 3.63) is 22.7 Å². The molecular formula is C15H19BrN2O. The minimum atomic E-state index is 0.191. The molecule has 4 heteroatoms. The Bertz CT molecular complexity index is 497. The average Bonchev–Trinajstić information content (AvgIpc) is 2.44. The maximum Gasteiger partial charge on any atom is 0.246 e. The van der Waals surface area contributed by atoms with Gasteiger partial charge in [0.15, 0.2) is 0 Å². The molecule has 0 atom stereocenters. The molecule has 0 spiro atoms. The quantitative estimate of drug-likeness (QED) is 0.789. The molecule has 0 N–H and O–H groups in total. The summed E-state index contributed by atoms with van der Waals surface area (Å²) in [5.74, 6) is 0.191. The van der Waals surface area contributed by atoms with Gasteiger partial charge in [-0.05, 0) is 31.0 Å². The first kappa shape index (κ1) is 13.0. The summed E-state index contributed by atoms with van der Waals surface area (Å²) in [6.07, 6.45) is 6.35. The summed E-state index contributed by atoms with van der Waals surface area (Å²) in [6.45, 7) is 0.524. The number of hydrogen-bond acceptors (Lipinski definition) is 2. The van der Waals surface area contributed by atoms with Crippen molar-refractivity contribution in [2.75, 3.05) is 23.4 Å². The molecule has 1 saturated carbocycles. The second-order valence-electron chi connectivity index (χ2n) is 5.51. The van der Waals surface area contributed by atoms with Crippen LogP contribution < -0.4 is 9.80 Å². The third-order valence-electron chi connectivity index (χ3n) is 4.30. The smallest absolute Gasteiger partial charge is 0.246 e. The number of halogens is 1. The van der Waals surface area contributed by atoms with E-state index in [0.717, 1.165) is 10.2 Å². The number of likely N-dealkylation sites (N-methyl/N-ethyl adjacent to an activating group) is 1. The number of rotatable bonds is 1. The zero-order valence-electron chi connectivity index (χ0n) is 11.2. The predicted molar refractivity (Wildman–Crippen MR) is 81.8 cm³/mol. The maximum absolute atomic E-state index is 12.2. The lowest BCUT2D eigenvalue weighted by Gasteiger charge is -2.41. The van der Waals surface area contributed by atoms with Gasteiger partial charge in [-0.2, -0.15) is 0 Å². The lowest BCUT2D eigenvalue weighted by atomic mass is 9.93. The van der Waals surface area contributed by atoms with E-state index in [1.165, 1.54) is 37.8 Å². The molecule has 1 heterocycles. The molecule has 102 valence electrons. The number of nitrogens with zero attached hydrogens (tertiary/aromatic N) is 2. The van der Waals surface area contributed by atoms with E-state index in [9.17, 15) is 4.79 Å². The second kappa shape index (κ2) is 5.16. The van der Waals surface area contributed by atoms with E-state index < -0.39 is 0 Å². The van der Waals surface area contributed by atoms with E-state index in [4.69, 9.17) is 0 Å². The summed E-state index contributed by atoms with van der Waals surface area (Å²) in [5, 5.41) is 0. The summed E-state index contributed by atoms with van der Waals surface area (Å²) in [5.41, 5.74) is 2.23. The van der Waals surface area contributed by atoms with Crippen LogP contribution in [0.4, 0.5) is 11.4 Å². The second-order valence-corrected chi connectivity index (χ2v) is 6.42. The lowest BCUT2D eigenvalue weighted by molar-refractivity contribution is -0.117. The van der Waals surface area contributed by atoms with Crippen LogP contribution in [-0.4, -0.2) is 25.5 Å². The Labute approximate surface area is 122 Å². The molecule has 1 aromatic rings. The zero-order valence-corrected chi connectivity index (χ0v) is 12.8.